The molecule has 1 unspecified atom stereocenters. The van der Waals surface area contributed by atoms with E-state index in [-0.39, 0.29) is 0 Å². The minimum absolute atomic E-state index is 0.682. The molecule has 14 heavy (non-hydrogen) atoms. The van der Waals surface area contributed by atoms with Crippen LogP contribution in [0, 0.1) is 5.92 Å². The van der Waals surface area contributed by atoms with Gasteiger partial charge in [-0.15, -0.1) is 0 Å². The predicted octanol–water partition coefficient (Wildman–Crippen LogP) is 0.607. The molecule has 3 heteroatoms. The summed E-state index contributed by atoms with van der Waals surface area (Å²) in [6.07, 6.45) is 1.14. The lowest BCUT2D eigenvalue weighted by Crippen LogP contribution is -2.53. The van der Waals surface area contributed by atoms with Gasteiger partial charge in [0.25, 0.3) is 0 Å². The molecule has 0 amide bonds. The van der Waals surface area contributed by atoms with E-state index in [1.54, 1.807) is 0 Å². The van der Waals surface area contributed by atoms with Crippen molar-refractivity contribution in [3.63, 3.8) is 0 Å². The molecule has 1 aliphatic heterocycles. The van der Waals surface area contributed by atoms with Gasteiger partial charge in [0.2, 0.25) is 0 Å². The fraction of sp³-hybridized carbons (Fsp3) is 1.00. The van der Waals surface area contributed by atoms with Crippen LogP contribution in [0.15, 0.2) is 0 Å². The van der Waals surface area contributed by atoms with Crippen molar-refractivity contribution in [1.82, 2.24) is 9.80 Å². The highest BCUT2D eigenvalue weighted by atomic mass is 15.3. The molecule has 0 aromatic rings. The molecule has 84 valence electrons. The lowest BCUT2D eigenvalue weighted by molar-refractivity contribution is 0.0761. The summed E-state index contributed by atoms with van der Waals surface area (Å²) in [7, 11) is 2.20. The first kappa shape index (κ1) is 12.0. The Bertz CT molecular complexity index is 157. The molecular formula is C11H25N3. The van der Waals surface area contributed by atoms with E-state index in [9.17, 15) is 0 Å². The maximum atomic E-state index is 5.65. The maximum Gasteiger partial charge on any atom is 0.0235 e. The molecule has 0 bridgehead atoms. The Morgan fingerprint density at radius 2 is 2.07 bits per heavy atom. The molecule has 1 rings (SSSR count). The zero-order chi connectivity index (χ0) is 10.6. The predicted molar refractivity (Wildman–Crippen MR) is 61.4 cm³/mol. The summed E-state index contributed by atoms with van der Waals surface area (Å²) >= 11 is 0. The lowest BCUT2D eigenvalue weighted by atomic mass is 10.1. The Kier molecular flexibility index (Phi) is 4.85. The summed E-state index contributed by atoms with van der Waals surface area (Å²) in [6.45, 7) is 10.2. The van der Waals surface area contributed by atoms with Crippen LogP contribution >= 0.6 is 0 Å². The molecule has 0 aromatic heterocycles. The van der Waals surface area contributed by atoms with Gasteiger partial charge in [-0.05, 0) is 25.9 Å². The zero-order valence-corrected chi connectivity index (χ0v) is 9.87. The second kappa shape index (κ2) is 5.69. The molecule has 0 aliphatic carbocycles. The van der Waals surface area contributed by atoms with Crippen LogP contribution in [0.4, 0.5) is 0 Å². The number of piperazine rings is 1. The molecule has 1 fully saturated rings. The van der Waals surface area contributed by atoms with Crippen molar-refractivity contribution < 1.29 is 0 Å². The summed E-state index contributed by atoms with van der Waals surface area (Å²) in [4.78, 5) is 5.02. The highest BCUT2D eigenvalue weighted by molar-refractivity contribution is 4.81. The first-order valence-corrected chi connectivity index (χ1v) is 5.76. The minimum atomic E-state index is 0.682. The lowest BCUT2D eigenvalue weighted by Gasteiger charge is -2.40. The Labute approximate surface area is 88.2 Å². The highest BCUT2D eigenvalue weighted by Crippen LogP contribution is 2.13. The number of rotatable bonds is 4. The van der Waals surface area contributed by atoms with Crippen molar-refractivity contribution in [3.8, 4) is 0 Å². The van der Waals surface area contributed by atoms with Crippen molar-refractivity contribution in [3.05, 3.63) is 0 Å². The van der Waals surface area contributed by atoms with Gasteiger partial charge < -0.3 is 10.6 Å². The third kappa shape index (κ3) is 3.56. The molecule has 1 heterocycles. The van der Waals surface area contributed by atoms with E-state index in [0.717, 1.165) is 18.9 Å². The van der Waals surface area contributed by atoms with Gasteiger partial charge in [0.05, 0.1) is 0 Å². The molecule has 0 aromatic carbocycles. The van der Waals surface area contributed by atoms with Crippen LogP contribution < -0.4 is 5.73 Å². The maximum absolute atomic E-state index is 5.65. The summed E-state index contributed by atoms with van der Waals surface area (Å²) in [5.74, 6) is 0.763. The van der Waals surface area contributed by atoms with Gasteiger partial charge in [0.15, 0.2) is 0 Å². The van der Waals surface area contributed by atoms with E-state index in [1.807, 2.05) is 0 Å². The standard InChI is InChI=1S/C11H25N3/c1-10(2)8-14-7-6-13(3)9-11(14)4-5-12/h10-11H,4-9,12H2,1-3H3. The second-order valence-corrected chi connectivity index (χ2v) is 4.88. The molecule has 0 saturated carbocycles. The van der Waals surface area contributed by atoms with Crippen molar-refractivity contribution >= 4 is 0 Å². The quantitative estimate of drug-likeness (QED) is 0.720. The Hall–Kier alpha value is -0.120. The van der Waals surface area contributed by atoms with E-state index in [4.69, 9.17) is 5.73 Å². The van der Waals surface area contributed by atoms with Crippen molar-refractivity contribution in [2.45, 2.75) is 26.3 Å². The number of nitrogens with zero attached hydrogens (tertiary/aromatic N) is 2. The largest absolute Gasteiger partial charge is 0.330 e. The normalized spacial score (nSPS) is 25.9. The molecular weight excluding hydrogens is 174 g/mol. The molecule has 1 aliphatic rings. The van der Waals surface area contributed by atoms with Crippen LogP contribution in [0.5, 0.6) is 0 Å². The number of hydrogen-bond donors (Lipinski definition) is 1. The summed E-state index contributed by atoms with van der Waals surface area (Å²) in [6, 6.07) is 0.682. The van der Waals surface area contributed by atoms with Gasteiger partial charge >= 0.3 is 0 Å². The van der Waals surface area contributed by atoms with Crippen LogP contribution in [0.1, 0.15) is 20.3 Å². The second-order valence-electron chi connectivity index (χ2n) is 4.88. The van der Waals surface area contributed by atoms with Gasteiger partial charge in [0.1, 0.15) is 0 Å². The Balaban J connectivity index is 2.44. The van der Waals surface area contributed by atoms with Crippen LogP contribution in [0.25, 0.3) is 0 Å². The topological polar surface area (TPSA) is 32.5 Å². The van der Waals surface area contributed by atoms with E-state index < -0.39 is 0 Å². The van der Waals surface area contributed by atoms with Crippen LogP contribution in [-0.4, -0.2) is 55.6 Å². The molecule has 1 saturated heterocycles. The van der Waals surface area contributed by atoms with Crippen molar-refractivity contribution in [1.29, 1.82) is 0 Å². The van der Waals surface area contributed by atoms with Gasteiger partial charge in [-0.2, -0.15) is 0 Å². The van der Waals surface area contributed by atoms with E-state index in [0.29, 0.717) is 6.04 Å². The molecule has 0 radical (unpaired) electrons. The number of nitrogens with two attached hydrogens (primary N) is 1. The fourth-order valence-corrected chi connectivity index (χ4v) is 2.22. The highest BCUT2D eigenvalue weighted by Gasteiger charge is 2.24. The minimum Gasteiger partial charge on any atom is -0.330 e. The average Bonchev–Trinajstić information content (AvgIpc) is 2.09. The number of hydrogen-bond acceptors (Lipinski definition) is 3. The van der Waals surface area contributed by atoms with Gasteiger partial charge in [-0.25, -0.2) is 0 Å². The first-order valence-electron chi connectivity index (χ1n) is 5.76. The fourth-order valence-electron chi connectivity index (χ4n) is 2.22. The van der Waals surface area contributed by atoms with Gasteiger partial charge in [-0.1, -0.05) is 13.8 Å². The monoisotopic (exact) mass is 199 g/mol. The Morgan fingerprint density at radius 3 is 2.64 bits per heavy atom. The van der Waals surface area contributed by atoms with Crippen LogP contribution in [0.2, 0.25) is 0 Å². The van der Waals surface area contributed by atoms with Crippen LogP contribution in [-0.2, 0) is 0 Å². The zero-order valence-electron chi connectivity index (χ0n) is 9.87. The van der Waals surface area contributed by atoms with E-state index in [1.165, 1.54) is 26.2 Å². The van der Waals surface area contributed by atoms with Crippen LogP contribution in [0.3, 0.4) is 0 Å². The third-order valence-corrected chi connectivity index (χ3v) is 2.91. The van der Waals surface area contributed by atoms with E-state index >= 15 is 0 Å². The molecule has 0 spiro atoms. The average molecular weight is 199 g/mol. The summed E-state index contributed by atoms with van der Waals surface area (Å²) in [5.41, 5.74) is 5.65. The van der Waals surface area contributed by atoms with E-state index in [2.05, 4.69) is 30.7 Å². The number of likely N-dealkylation sites (N-methyl/N-ethyl adjacent to an activating group) is 1. The van der Waals surface area contributed by atoms with Gasteiger partial charge in [0, 0.05) is 32.2 Å². The Morgan fingerprint density at radius 1 is 1.36 bits per heavy atom. The van der Waals surface area contributed by atoms with Crippen molar-refractivity contribution in [2.75, 3.05) is 39.8 Å². The SMILES string of the molecule is CC(C)CN1CCN(C)CC1CCN. The molecule has 1 atom stereocenters. The first-order chi connectivity index (χ1) is 6.63. The smallest absolute Gasteiger partial charge is 0.0235 e. The summed E-state index contributed by atoms with van der Waals surface area (Å²) < 4.78 is 0. The summed E-state index contributed by atoms with van der Waals surface area (Å²) in [5, 5.41) is 0. The molecule has 3 nitrogen and oxygen atoms in total. The molecule has 2 N–H and O–H groups in total. The third-order valence-electron chi connectivity index (χ3n) is 2.91. The van der Waals surface area contributed by atoms with Crippen molar-refractivity contribution in [2.24, 2.45) is 11.7 Å². The van der Waals surface area contributed by atoms with Gasteiger partial charge in [-0.3, -0.25) is 4.90 Å².